The number of aliphatic hydroxyl groups excluding tert-OH is 7. The molecule has 14 N–H and O–H groups in total. The fraction of sp³-hybridized carbons (Fsp3) is 1.00. The molecule has 31 heavy (non-hydrogen) atoms. The first-order valence-corrected chi connectivity index (χ1v) is 10.2. The lowest BCUT2D eigenvalue weighted by Gasteiger charge is -2.46. The second-order valence-corrected chi connectivity index (χ2v) is 8.34. The zero-order valence-electron chi connectivity index (χ0n) is 16.8. The zero-order valence-corrected chi connectivity index (χ0v) is 16.8. The Morgan fingerprint density at radius 2 is 1.26 bits per heavy atom. The molecule has 3 rings (SSSR count). The Morgan fingerprint density at radius 3 is 1.84 bits per heavy atom. The van der Waals surface area contributed by atoms with Crippen LogP contribution in [0.15, 0.2) is 0 Å². The normalized spacial score (nSPS) is 53.6. The molecule has 14 nitrogen and oxygen atoms in total. The topological polar surface area (TPSA) is 258 Å². The van der Waals surface area contributed by atoms with Crippen molar-refractivity contribution in [2.24, 2.45) is 11.5 Å². The molecule has 1 aliphatic carbocycles. The minimum absolute atomic E-state index is 0.234. The first kappa shape index (κ1) is 25.1. The van der Waals surface area contributed by atoms with Gasteiger partial charge in [0.25, 0.3) is 0 Å². The SMILES string of the molecule is NC1CC([NH3+])C(O)C(OC2OC(CO)C(O)C2O)C1OC1OC(CO)C(O)C(O)C1N. The van der Waals surface area contributed by atoms with Crippen molar-refractivity contribution in [3.05, 3.63) is 0 Å². The van der Waals surface area contributed by atoms with E-state index >= 15 is 0 Å². The van der Waals surface area contributed by atoms with Crippen LogP contribution in [0, 0.1) is 0 Å². The van der Waals surface area contributed by atoms with Crippen LogP contribution in [-0.2, 0) is 18.9 Å². The fourth-order valence-electron chi connectivity index (χ4n) is 4.18. The van der Waals surface area contributed by atoms with Crippen molar-refractivity contribution in [3.8, 4) is 0 Å². The Hall–Kier alpha value is -0.560. The van der Waals surface area contributed by atoms with E-state index in [4.69, 9.17) is 30.4 Å². The van der Waals surface area contributed by atoms with E-state index in [2.05, 4.69) is 5.73 Å². The van der Waals surface area contributed by atoms with Crippen molar-refractivity contribution in [1.29, 1.82) is 0 Å². The molecular formula is C17H34N3O11+. The summed E-state index contributed by atoms with van der Waals surface area (Å²) in [4.78, 5) is 0. The number of quaternary nitrogens is 1. The van der Waals surface area contributed by atoms with Gasteiger partial charge in [0.05, 0.1) is 19.3 Å². The maximum Gasteiger partial charge on any atom is 0.187 e. The zero-order chi connectivity index (χ0) is 23.0. The average Bonchev–Trinajstić information content (AvgIpc) is 3.02. The van der Waals surface area contributed by atoms with Crippen LogP contribution in [0.1, 0.15) is 6.42 Å². The molecular weight excluding hydrogens is 422 g/mol. The highest BCUT2D eigenvalue weighted by Crippen LogP contribution is 2.31. The maximum atomic E-state index is 10.7. The number of aliphatic hydroxyl groups is 7. The molecule has 2 saturated heterocycles. The van der Waals surface area contributed by atoms with E-state index in [-0.39, 0.29) is 6.42 Å². The highest BCUT2D eigenvalue weighted by Gasteiger charge is 2.52. The van der Waals surface area contributed by atoms with Crippen molar-refractivity contribution in [2.45, 2.75) is 92.1 Å². The molecule has 3 aliphatic rings. The predicted molar refractivity (Wildman–Crippen MR) is 98.5 cm³/mol. The van der Waals surface area contributed by atoms with Gasteiger partial charge in [-0.15, -0.1) is 0 Å². The first-order valence-electron chi connectivity index (χ1n) is 10.2. The third-order valence-corrected chi connectivity index (χ3v) is 6.15. The van der Waals surface area contributed by atoms with Crippen LogP contribution < -0.4 is 17.2 Å². The van der Waals surface area contributed by atoms with Gasteiger partial charge in [-0.25, -0.2) is 0 Å². The summed E-state index contributed by atoms with van der Waals surface area (Å²) in [5.41, 5.74) is 16.0. The third-order valence-electron chi connectivity index (χ3n) is 6.15. The van der Waals surface area contributed by atoms with Crippen molar-refractivity contribution in [3.63, 3.8) is 0 Å². The van der Waals surface area contributed by atoms with Crippen molar-refractivity contribution >= 4 is 0 Å². The summed E-state index contributed by atoms with van der Waals surface area (Å²) in [6.45, 7) is -1.16. The summed E-state index contributed by atoms with van der Waals surface area (Å²) in [5, 5.41) is 69.5. The molecule has 14 atom stereocenters. The molecule has 0 bridgehead atoms. The molecule has 14 unspecified atom stereocenters. The van der Waals surface area contributed by atoms with Crippen LogP contribution in [0.25, 0.3) is 0 Å². The minimum Gasteiger partial charge on any atom is -0.394 e. The monoisotopic (exact) mass is 456 g/mol. The van der Waals surface area contributed by atoms with Crippen molar-refractivity contribution in [1.82, 2.24) is 0 Å². The molecule has 14 heteroatoms. The Labute approximate surface area is 178 Å². The summed E-state index contributed by atoms with van der Waals surface area (Å²) in [6.07, 6.45) is -14.0. The fourth-order valence-corrected chi connectivity index (χ4v) is 4.18. The quantitative estimate of drug-likeness (QED) is 0.178. The summed E-state index contributed by atoms with van der Waals surface area (Å²) >= 11 is 0. The molecule has 0 radical (unpaired) electrons. The number of hydrogen-bond acceptors (Lipinski definition) is 13. The van der Waals surface area contributed by atoms with Crippen LogP contribution >= 0.6 is 0 Å². The van der Waals surface area contributed by atoms with Gasteiger partial charge in [-0.05, 0) is 0 Å². The van der Waals surface area contributed by atoms with Crippen LogP contribution in [0.3, 0.4) is 0 Å². The molecule has 2 aliphatic heterocycles. The van der Waals surface area contributed by atoms with E-state index in [1.165, 1.54) is 0 Å². The number of rotatable bonds is 6. The Balaban J connectivity index is 1.78. The average molecular weight is 456 g/mol. The summed E-state index contributed by atoms with van der Waals surface area (Å²) in [6, 6.07) is -2.50. The van der Waals surface area contributed by atoms with E-state index < -0.39 is 98.9 Å². The van der Waals surface area contributed by atoms with Gasteiger partial charge in [0.2, 0.25) is 0 Å². The van der Waals surface area contributed by atoms with Gasteiger partial charge in [-0.3, -0.25) is 0 Å². The van der Waals surface area contributed by atoms with E-state index in [0.717, 1.165) is 0 Å². The van der Waals surface area contributed by atoms with Gasteiger partial charge >= 0.3 is 0 Å². The summed E-state index contributed by atoms with van der Waals surface area (Å²) in [5.74, 6) is 0. The smallest absolute Gasteiger partial charge is 0.187 e. The predicted octanol–water partition coefficient (Wildman–Crippen LogP) is -7.34. The third kappa shape index (κ3) is 4.87. The van der Waals surface area contributed by atoms with Gasteiger partial charge in [0, 0.05) is 12.5 Å². The summed E-state index contributed by atoms with van der Waals surface area (Å²) in [7, 11) is 0. The van der Waals surface area contributed by atoms with Crippen LogP contribution in [0.4, 0.5) is 0 Å². The highest BCUT2D eigenvalue weighted by atomic mass is 16.7. The lowest BCUT2D eigenvalue weighted by molar-refractivity contribution is -0.458. The number of hydrogen-bond donors (Lipinski definition) is 10. The Bertz CT molecular complexity index is 590. The maximum absolute atomic E-state index is 10.7. The molecule has 182 valence electrons. The Kier molecular flexibility index (Phi) is 8.21. The lowest BCUT2D eigenvalue weighted by atomic mass is 9.84. The molecule has 3 fully saturated rings. The lowest BCUT2D eigenvalue weighted by Crippen LogP contribution is -2.76. The van der Waals surface area contributed by atoms with Gasteiger partial charge in [0.15, 0.2) is 12.6 Å². The second kappa shape index (κ2) is 10.1. The van der Waals surface area contributed by atoms with Gasteiger partial charge in [0.1, 0.15) is 61.0 Å². The second-order valence-electron chi connectivity index (χ2n) is 8.34. The van der Waals surface area contributed by atoms with Crippen LogP contribution in [0.2, 0.25) is 0 Å². The van der Waals surface area contributed by atoms with Gasteiger partial charge < -0.3 is 71.9 Å². The van der Waals surface area contributed by atoms with Crippen molar-refractivity contribution < 1.29 is 60.4 Å². The van der Waals surface area contributed by atoms with Crippen molar-refractivity contribution in [2.75, 3.05) is 13.2 Å². The highest BCUT2D eigenvalue weighted by molar-refractivity contribution is 5.00. The molecule has 1 saturated carbocycles. The standard InChI is InChI=1S/C17H33N3O11/c18-4-1-5(19)14(30-16-8(20)12(26)10(24)6(2-21)28-16)15(9(4)23)31-17-13(27)11(25)7(3-22)29-17/h4-17,21-27H,1-3,18-20H2/p+1. The van der Waals surface area contributed by atoms with E-state index in [1.807, 2.05) is 0 Å². The van der Waals surface area contributed by atoms with Crippen LogP contribution in [-0.4, -0.2) is 135 Å². The first-order chi connectivity index (χ1) is 14.6. The largest absolute Gasteiger partial charge is 0.394 e. The van der Waals surface area contributed by atoms with E-state index in [1.54, 1.807) is 0 Å². The molecule has 0 amide bonds. The van der Waals surface area contributed by atoms with Gasteiger partial charge in [-0.2, -0.15) is 0 Å². The van der Waals surface area contributed by atoms with Crippen LogP contribution in [0.5, 0.6) is 0 Å². The van der Waals surface area contributed by atoms with E-state index in [0.29, 0.717) is 0 Å². The molecule has 0 spiro atoms. The summed E-state index contributed by atoms with van der Waals surface area (Å²) < 4.78 is 22.3. The number of nitrogens with two attached hydrogens (primary N) is 2. The molecule has 0 aromatic rings. The molecule has 0 aromatic heterocycles. The van der Waals surface area contributed by atoms with Gasteiger partial charge in [-0.1, -0.05) is 0 Å². The Morgan fingerprint density at radius 1 is 0.742 bits per heavy atom. The minimum atomic E-state index is -1.50. The molecule has 2 heterocycles. The number of ether oxygens (including phenoxy) is 4. The molecule has 0 aromatic carbocycles. The van der Waals surface area contributed by atoms with E-state index in [9.17, 15) is 35.7 Å².